The summed E-state index contributed by atoms with van der Waals surface area (Å²) in [4.78, 5) is 6.04. The molecule has 2 bridgehead atoms. The number of aromatic amines is 1. The lowest BCUT2D eigenvalue weighted by Crippen LogP contribution is -2.45. The highest BCUT2D eigenvalue weighted by atomic mass is 15.2. The van der Waals surface area contributed by atoms with Crippen molar-refractivity contribution in [1.82, 2.24) is 9.88 Å². The van der Waals surface area contributed by atoms with Crippen LogP contribution in [-0.4, -0.2) is 29.0 Å². The molecule has 0 saturated carbocycles. The zero-order valence-corrected chi connectivity index (χ0v) is 11.2. The molecule has 1 fully saturated rings. The van der Waals surface area contributed by atoms with Gasteiger partial charge in [-0.3, -0.25) is 4.90 Å². The van der Waals surface area contributed by atoms with Gasteiger partial charge in [-0.05, 0) is 36.8 Å². The van der Waals surface area contributed by atoms with Crippen molar-refractivity contribution in [3.63, 3.8) is 0 Å². The Bertz CT molecular complexity index is 611. The number of aromatic nitrogens is 1. The summed E-state index contributed by atoms with van der Waals surface area (Å²) in [5, 5.41) is 1.39. The molecule has 3 heterocycles. The number of nitrogens with zero attached hydrogens (tertiary/aromatic N) is 1. The predicted molar refractivity (Wildman–Crippen MR) is 79.2 cm³/mol. The molecule has 1 aliphatic carbocycles. The van der Waals surface area contributed by atoms with E-state index in [9.17, 15) is 0 Å². The zero-order valence-electron chi connectivity index (χ0n) is 11.2. The molecule has 98 valence electrons. The molecule has 1 saturated heterocycles. The summed E-state index contributed by atoms with van der Waals surface area (Å²) in [6.45, 7) is 2.46. The average molecular weight is 252 g/mol. The van der Waals surface area contributed by atoms with Crippen molar-refractivity contribution in [1.29, 1.82) is 0 Å². The number of para-hydroxylation sites is 1. The van der Waals surface area contributed by atoms with E-state index in [1.54, 1.807) is 0 Å². The van der Waals surface area contributed by atoms with Crippen molar-refractivity contribution in [3.8, 4) is 0 Å². The van der Waals surface area contributed by atoms with E-state index in [2.05, 4.69) is 52.5 Å². The minimum Gasteiger partial charge on any atom is -0.361 e. The van der Waals surface area contributed by atoms with Gasteiger partial charge in [0.1, 0.15) is 0 Å². The van der Waals surface area contributed by atoms with E-state index in [4.69, 9.17) is 0 Å². The standard InChI is InChI=1S/C17H20N2/c1-2-4-17-16(3-1)14(11-18-17)9-10-19-12-13-5-7-15(19)8-6-13/h1-5,7,11,13,15,18H,6,8-10,12H2/t13-,15+/m0/s1. The monoisotopic (exact) mass is 252 g/mol. The summed E-state index contributed by atoms with van der Waals surface area (Å²) in [5.74, 6) is 0.813. The largest absolute Gasteiger partial charge is 0.361 e. The highest BCUT2D eigenvalue weighted by molar-refractivity contribution is 5.83. The molecule has 19 heavy (non-hydrogen) atoms. The lowest BCUT2D eigenvalue weighted by molar-refractivity contribution is 0.139. The Balaban J connectivity index is 1.49. The molecule has 1 N–H and O–H groups in total. The summed E-state index contributed by atoms with van der Waals surface area (Å²) < 4.78 is 0. The summed E-state index contributed by atoms with van der Waals surface area (Å²) in [6.07, 6.45) is 10.9. The molecule has 2 nitrogen and oxygen atoms in total. The number of rotatable bonds is 3. The normalized spacial score (nSPS) is 26.3. The maximum atomic E-state index is 3.38. The van der Waals surface area contributed by atoms with Crippen molar-refractivity contribution in [2.24, 2.45) is 5.92 Å². The van der Waals surface area contributed by atoms with Crippen LogP contribution >= 0.6 is 0 Å². The fourth-order valence-corrected chi connectivity index (χ4v) is 3.62. The maximum Gasteiger partial charge on any atom is 0.0456 e. The molecule has 5 rings (SSSR count). The smallest absolute Gasteiger partial charge is 0.0456 e. The number of benzene rings is 1. The molecule has 2 atom stereocenters. The first-order valence-electron chi connectivity index (χ1n) is 7.37. The van der Waals surface area contributed by atoms with Crippen LogP contribution in [0.25, 0.3) is 10.9 Å². The van der Waals surface area contributed by atoms with Gasteiger partial charge in [-0.25, -0.2) is 0 Å². The fraction of sp³-hybridized carbons (Fsp3) is 0.412. The van der Waals surface area contributed by atoms with Crippen LogP contribution in [0, 0.1) is 5.92 Å². The molecule has 2 aliphatic heterocycles. The highest BCUT2D eigenvalue weighted by Crippen LogP contribution is 2.29. The summed E-state index contributed by atoms with van der Waals surface area (Å²) >= 11 is 0. The lowest BCUT2D eigenvalue weighted by Gasteiger charge is -2.41. The van der Waals surface area contributed by atoms with E-state index in [1.807, 2.05) is 0 Å². The SMILES string of the molecule is C1=C[C@@H]2CC[C@H]1CN2CCc1c[nH]c2ccccc12. The Morgan fingerprint density at radius 1 is 1.16 bits per heavy atom. The molecule has 2 aromatic rings. The Morgan fingerprint density at radius 2 is 2.11 bits per heavy atom. The first kappa shape index (κ1) is 11.3. The summed E-state index contributed by atoms with van der Waals surface area (Å²) in [6, 6.07) is 9.31. The van der Waals surface area contributed by atoms with Gasteiger partial charge in [-0.1, -0.05) is 30.4 Å². The Hall–Kier alpha value is -1.54. The topological polar surface area (TPSA) is 19.0 Å². The predicted octanol–water partition coefficient (Wildman–Crippen LogP) is 3.36. The Kier molecular flexibility index (Phi) is 2.70. The van der Waals surface area contributed by atoms with Crippen LogP contribution in [0.3, 0.4) is 0 Å². The van der Waals surface area contributed by atoms with Gasteiger partial charge < -0.3 is 4.98 Å². The second kappa shape index (κ2) is 4.53. The second-order valence-electron chi connectivity index (χ2n) is 5.89. The molecule has 0 amide bonds. The van der Waals surface area contributed by atoms with Gasteiger partial charge in [-0.15, -0.1) is 0 Å². The third kappa shape index (κ3) is 2.00. The summed E-state index contributed by atoms with van der Waals surface area (Å²) in [7, 11) is 0. The van der Waals surface area contributed by atoms with Gasteiger partial charge in [0.05, 0.1) is 0 Å². The van der Waals surface area contributed by atoms with Crippen LogP contribution in [0.5, 0.6) is 0 Å². The zero-order chi connectivity index (χ0) is 12.7. The van der Waals surface area contributed by atoms with E-state index in [-0.39, 0.29) is 0 Å². The number of fused-ring (bicyclic) bond motifs is 3. The molecule has 0 radical (unpaired) electrons. The molecule has 1 aromatic carbocycles. The number of hydrogen-bond donors (Lipinski definition) is 1. The molecule has 0 spiro atoms. The third-order valence-corrected chi connectivity index (χ3v) is 4.72. The van der Waals surface area contributed by atoms with E-state index in [1.165, 1.54) is 42.4 Å². The number of H-pyrrole nitrogens is 1. The van der Waals surface area contributed by atoms with Crippen molar-refractivity contribution in [3.05, 3.63) is 48.2 Å². The number of hydrogen-bond acceptors (Lipinski definition) is 1. The van der Waals surface area contributed by atoms with Crippen molar-refractivity contribution in [2.45, 2.75) is 25.3 Å². The van der Waals surface area contributed by atoms with Crippen molar-refractivity contribution < 1.29 is 0 Å². The van der Waals surface area contributed by atoms with Crippen LogP contribution in [0.15, 0.2) is 42.6 Å². The molecular formula is C17H20N2. The van der Waals surface area contributed by atoms with Gasteiger partial charge in [-0.2, -0.15) is 0 Å². The molecule has 1 aromatic heterocycles. The maximum absolute atomic E-state index is 3.38. The molecule has 3 aliphatic rings. The first-order valence-corrected chi connectivity index (χ1v) is 7.37. The number of nitrogens with one attached hydrogen (secondary N) is 1. The molecule has 2 heteroatoms. The van der Waals surface area contributed by atoms with Crippen LogP contribution < -0.4 is 0 Å². The van der Waals surface area contributed by atoms with Crippen molar-refractivity contribution >= 4 is 10.9 Å². The van der Waals surface area contributed by atoms with Crippen molar-refractivity contribution in [2.75, 3.05) is 13.1 Å². The third-order valence-electron chi connectivity index (χ3n) is 4.72. The van der Waals surface area contributed by atoms with Gasteiger partial charge >= 0.3 is 0 Å². The van der Waals surface area contributed by atoms with E-state index < -0.39 is 0 Å². The molecule has 0 unspecified atom stereocenters. The Labute approximate surface area is 114 Å². The van der Waals surface area contributed by atoms with E-state index in [0.717, 1.165) is 12.3 Å². The lowest BCUT2D eigenvalue weighted by atomic mass is 9.86. The van der Waals surface area contributed by atoms with Gasteiger partial charge in [0.2, 0.25) is 0 Å². The highest BCUT2D eigenvalue weighted by Gasteiger charge is 2.29. The van der Waals surface area contributed by atoms with Gasteiger partial charge in [0.25, 0.3) is 0 Å². The van der Waals surface area contributed by atoms with Crippen LogP contribution in [0.4, 0.5) is 0 Å². The quantitative estimate of drug-likeness (QED) is 0.830. The summed E-state index contributed by atoms with van der Waals surface area (Å²) in [5.41, 5.74) is 2.72. The first-order chi connectivity index (χ1) is 9.40. The fourth-order valence-electron chi connectivity index (χ4n) is 3.62. The average Bonchev–Trinajstić information content (AvgIpc) is 2.90. The minimum atomic E-state index is 0.704. The van der Waals surface area contributed by atoms with Gasteiger partial charge in [0.15, 0.2) is 0 Å². The van der Waals surface area contributed by atoms with Crippen LogP contribution in [-0.2, 0) is 6.42 Å². The van der Waals surface area contributed by atoms with Crippen LogP contribution in [0.1, 0.15) is 18.4 Å². The van der Waals surface area contributed by atoms with Crippen LogP contribution in [0.2, 0.25) is 0 Å². The van der Waals surface area contributed by atoms with Gasteiger partial charge in [0, 0.05) is 36.2 Å². The molecular weight excluding hydrogens is 232 g/mol. The van der Waals surface area contributed by atoms with E-state index >= 15 is 0 Å². The second-order valence-corrected chi connectivity index (χ2v) is 5.89. The number of piperidine rings is 1. The van der Waals surface area contributed by atoms with E-state index in [0.29, 0.717) is 6.04 Å². The minimum absolute atomic E-state index is 0.704. The Morgan fingerprint density at radius 3 is 2.89 bits per heavy atom.